The van der Waals surface area contributed by atoms with E-state index in [9.17, 15) is 14.7 Å². The highest BCUT2D eigenvalue weighted by Crippen LogP contribution is 2.52. The summed E-state index contributed by atoms with van der Waals surface area (Å²) >= 11 is 0. The minimum absolute atomic E-state index is 0.103. The fraction of sp³-hybridized carbons (Fsp3) is 0.524. The van der Waals surface area contributed by atoms with Crippen molar-refractivity contribution in [2.45, 2.75) is 58.2 Å². The van der Waals surface area contributed by atoms with Gasteiger partial charge in [-0.3, -0.25) is 9.59 Å². The molecule has 1 N–H and O–H groups in total. The number of Topliss-reactive ketones (excluding diaryl/α,β-unsaturated/α-hetero) is 1. The number of esters is 1. The van der Waals surface area contributed by atoms with Crippen molar-refractivity contribution >= 4 is 11.8 Å². The molecule has 1 aromatic rings. The normalized spacial score (nSPS) is 26.5. The van der Waals surface area contributed by atoms with Crippen LogP contribution in [0.3, 0.4) is 0 Å². The summed E-state index contributed by atoms with van der Waals surface area (Å²) in [5.41, 5.74) is 2.23. The van der Waals surface area contributed by atoms with E-state index < -0.39 is 12.2 Å². The first-order valence-corrected chi connectivity index (χ1v) is 9.10. The van der Waals surface area contributed by atoms with Crippen molar-refractivity contribution in [2.24, 2.45) is 5.41 Å². The number of carbonyl (C=O) groups is 2. The number of rotatable bonds is 5. The van der Waals surface area contributed by atoms with Crippen LogP contribution in [0, 0.1) is 5.41 Å². The molecule has 0 radical (unpaired) electrons. The van der Waals surface area contributed by atoms with Gasteiger partial charge in [-0.2, -0.15) is 0 Å². The van der Waals surface area contributed by atoms with Gasteiger partial charge < -0.3 is 14.6 Å². The number of benzene rings is 1. The minimum Gasteiger partial charge on any atom is -0.497 e. The molecule has 5 heteroatoms. The quantitative estimate of drug-likeness (QED) is 0.816. The summed E-state index contributed by atoms with van der Waals surface area (Å²) in [6, 6.07) is 7.37. The molecule has 1 aromatic carbocycles. The van der Waals surface area contributed by atoms with Gasteiger partial charge in [-0.1, -0.05) is 24.6 Å². The highest BCUT2D eigenvalue weighted by molar-refractivity contribution is 5.97. The molecule has 3 rings (SSSR count). The Bertz CT molecular complexity index is 751. The van der Waals surface area contributed by atoms with Gasteiger partial charge in [0.25, 0.3) is 0 Å². The molecular formula is C21H26O5. The summed E-state index contributed by atoms with van der Waals surface area (Å²) in [5, 5.41) is 10.4. The fourth-order valence-electron chi connectivity index (χ4n) is 4.28. The van der Waals surface area contributed by atoms with E-state index in [1.807, 2.05) is 31.2 Å². The van der Waals surface area contributed by atoms with Crippen molar-refractivity contribution < 1.29 is 24.2 Å². The summed E-state index contributed by atoms with van der Waals surface area (Å²) in [4.78, 5) is 24.3. The Morgan fingerprint density at radius 3 is 2.85 bits per heavy atom. The van der Waals surface area contributed by atoms with Crippen molar-refractivity contribution in [1.29, 1.82) is 0 Å². The van der Waals surface area contributed by atoms with E-state index in [0.29, 0.717) is 31.4 Å². The Hall–Kier alpha value is -2.14. The average molecular weight is 358 g/mol. The second-order valence-corrected chi connectivity index (χ2v) is 7.43. The number of carbonyl (C=O) groups excluding carboxylic acids is 2. The molecule has 0 amide bonds. The average Bonchev–Trinajstić information content (AvgIpc) is 2.92. The summed E-state index contributed by atoms with van der Waals surface area (Å²) in [6.07, 6.45) is 1.90. The molecule has 2 aliphatic rings. The molecule has 1 saturated carbocycles. The lowest BCUT2D eigenvalue weighted by molar-refractivity contribution is -0.147. The lowest BCUT2D eigenvalue weighted by Crippen LogP contribution is -2.34. The number of hydrogen-bond acceptors (Lipinski definition) is 5. The molecule has 2 aliphatic carbocycles. The monoisotopic (exact) mass is 358 g/mol. The number of ketones is 1. The number of fused-ring (bicyclic) bond motifs is 1. The molecule has 0 aromatic heterocycles. The number of methoxy groups -OCH3 is 1. The van der Waals surface area contributed by atoms with Crippen LogP contribution in [0.25, 0.3) is 0 Å². The maximum atomic E-state index is 12.7. The zero-order valence-corrected chi connectivity index (χ0v) is 15.6. The number of ether oxygens (including phenoxy) is 2. The predicted octanol–water partition coefficient (Wildman–Crippen LogP) is 3.51. The molecule has 0 spiro atoms. The van der Waals surface area contributed by atoms with E-state index in [1.165, 1.54) is 6.92 Å². The van der Waals surface area contributed by atoms with E-state index in [0.717, 1.165) is 23.1 Å². The molecule has 0 bridgehead atoms. The maximum absolute atomic E-state index is 12.7. The van der Waals surface area contributed by atoms with Gasteiger partial charge in [0, 0.05) is 25.2 Å². The van der Waals surface area contributed by atoms with E-state index in [-0.39, 0.29) is 17.2 Å². The van der Waals surface area contributed by atoms with Gasteiger partial charge in [-0.25, -0.2) is 0 Å². The predicted molar refractivity (Wildman–Crippen MR) is 96.7 cm³/mol. The highest BCUT2D eigenvalue weighted by atomic mass is 16.5. The van der Waals surface area contributed by atoms with Gasteiger partial charge in [-0.15, -0.1) is 0 Å². The lowest BCUT2D eigenvalue weighted by Gasteiger charge is -2.36. The smallest absolute Gasteiger partial charge is 0.303 e. The van der Waals surface area contributed by atoms with Crippen molar-refractivity contribution in [3.8, 4) is 5.75 Å². The molecule has 3 atom stereocenters. The van der Waals surface area contributed by atoms with E-state index in [2.05, 4.69) is 0 Å². The van der Waals surface area contributed by atoms with Crippen LogP contribution in [-0.2, 0) is 14.3 Å². The van der Waals surface area contributed by atoms with E-state index in [4.69, 9.17) is 9.47 Å². The van der Waals surface area contributed by atoms with Gasteiger partial charge in [0.1, 0.15) is 11.9 Å². The molecule has 1 unspecified atom stereocenters. The lowest BCUT2D eigenvalue weighted by atomic mass is 9.70. The van der Waals surface area contributed by atoms with Crippen LogP contribution in [0.2, 0.25) is 0 Å². The Morgan fingerprint density at radius 1 is 1.38 bits per heavy atom. The summed E-state index contributed by atoms with van der Waals surface area (Å²) in [5.74, 6) is 0.390. The highest BCUT2D eigenvalue weighted by Gasteiger charge is 2.47. The van der Waals surface area contributed by atoms with Crippen molar-refractivity contribution in [1.82, 2.24) is 0 Å². The van der Waals surface area contributed by atoms with Gasteiger partial charge in [-0.05, 0) is 42.5 Å². The Kier molecular flexibility index (Phi) is 5.19. The summed E-state index contributed by atoms with van der Waals surface area (Å²) in [7, 11) is 1.58. The largest absolute Gasteiger partial charge is 0.497 e. The van der Waals surface area contributed by atoms with Crippen molar-refractivity contribution in [3.05, 3.63) is 41.0 Å². The van der Waals surface area contributed by atoms with Crippen molar-refractivity contribution in [3.63, 3.8) is 0 Å². The second-order valence-electron chi connectivity index (χ2n) is 7.43. The first-order chi connectivity index (χ1) is 12.3. The van der Waals surface area contributed by atoms with Gasteiger partial charge in [0.05, 0.1) is 13.2 Å². The van der Waals surface area contributed by atoms with Crippen LogP contribution in [0.1, 0.15) is 57.6 Å². The van der Waals surface area contributed by atoms with Gasteiger partial charge in [0.15, 0.2) is 5.78 Å². The Morgan fingerprint density at radius 2 is 2.15 bits per heavy atom. The van der Waals surface area contributed by atoms with Crippen LogP contribution in [-0.4, -0.2) is 30.1 Å². The van der Waals surface area contributed by atoms with Gasteiger partial charge in [0.2, 0.25) is 0 Å². The molecular weight excluding hydrogens is 332 g/mol. The Balaban J connectivity index is 1.98. The number of aliphatic hydroxyl groups excluding tert-OH is 1. The summed E-state index contributed by atoms with van der Waals surface area (Å²) < 4.78 is 10.8. The maximum Gasteiger partial charge on any atom is 0.303 e. The molecule has 140 valence electrons. The van der Waals surface area contributed by atoms with Crippen LogP contribution in [0.4, 0.5) is 0 Å². The first kappa shape index (κ1) is 18.6. The molecule has 0 heterocycles. The van der Waals surface area contributed by atoms with Crippen LogP contribution >= 0.6 is 0 Å². The van der Waals surface area contributed by atoms with Gasteiger partial charge >= 0.3 is 5.97 Å². The molecule has 0 saturated heterocycles. The molecule has 26 heavy (non-hydrogen) atoms. The number of aliphatic hydroxyl groups is 1. The molecule has 5 nitrogen and oxygen atoms in total. The van der Waals surface area contributed by atoms with E-state index >= 15 is 0 Å². The van der Waals surface area contributed by atoms with Crippen LogP contribution in [0.15, 0.2) is 35.4 Å². The Labute approximate surface area is 154 Å². The standard InChI is InChI=1S/C21H26O5/c1-13(22)26-19(14-5-4-6-15(11-14)25-3)12-16-17-7-8-20(24)21(17,2)10-9-18(16)23/h4-6,11,19-20,24H,7-10,12H2,1-3H3/t19?,20-,21-/m0/s1. The zero-order valence-electron chi connectivity index (χ0n) is 15.6. The third-order valence-electron chi connectivity index (χ3n) is 5.83. The van der Waals surface area contributed by atoms with Crippen LogP contribution in [0.5, 0.6) is 5.75 Å². The third kappa shape index (κ3) is 3.40. The topological polar surface area (TPSA) is 72.8 Å². The third-order valence-corrected chi connectivity index (χ3v) is 5.83. The SMILES string of the molecule is COc1cccc(C(CC2=C3CC[C@H](O)[C@@]3(C)CCC2=O)OC(C)=O)c1. The molecule has 0 aliphatic heterocycles. The van der Waals surface area contributed by atoms with Crippen molar-refractivity contribution in [2.75, 3.05) is 7.11 Å². The second kappa shape index (κ2) is 7.23. The number of hydrogen-bond donors (Lipinski definition) is 1. The summed E-state index contributed by atoms with van der Waals surface area (Å²) in [6.45, 7) is 3.41. The van der Waals surface area contributed by atoms with E-state index in [1.54, 1.807) is 7.11 Å². The molecule has 1 fully saturated rings. The fourth-order valence-corrected chi connectivity index (χ4v) is 4.28. The first-order valence-electron chi connectivity index (χ1n) is 9.10. The zero-order chi connectivity index (χ0) is 18.9. The minimum atomic E-state index is -0.547. The van der Waals surface area contributed by atoms with Crippen LogP contribution < -0.4 is 4.74 Å².